The van der Waals surface area contributed by atoms with Gasteiger partial charge in [-0.3, -0.25) is 19.2 Å². The number of ether oxygens (including phenoxy) is 7. The Morgan fingerprint density at radius 3 is 1.94 bits per heavy atom. The fourth-order valence-electron chi connectivity index (χ4n) is 3.31. The normalized spacial score (nSPS) is 25.0. The number of benzene rings is 1. The fraction of sp³-hybridized carbons (Fsp3) is 0.565. The Bertz CT molecular complexity index is 841. The van der Waals surface area contributed by atoms with Crippen molar-refractivity contribution < 1.29 is 52.3 Å². The van der Waals surface area contributed by atoms with E-state index in [0.29, 0.717) is 0 Å². The zero-order chi connectivity index (χ0) is 25.3. The zero-order valence-corrected chi connectivity index (χ0v) is 19.8. The van der Waals surface area contributed by atoms with Crippen molar-refractivity contribution in [3.8, 4) is 0 Å². The second kappa shape index (κ2) is 13.0. The molecule has 0 bridgehead atoms. The summed E-state index contributed by atoms with van der Waals surface area (Å²) in [6, 6.07) is 9.36. The number of hydrogen-bond donors (Lipinski definition) is 0. The highest BCUT2D eigenvalue weighted by molar-refractivity contribution is 5.68. The van der Waals surface area contributed by atoms with Crippen LogP contribution < -0.4 is 0 Å². The number of hydrogen-bond acceptors (Lipinski definition) is 11. The van der Waals surface area contributed by atoms with E-state index >= 15 is 0 Å². The van der Waals surface area contributed by atoms with Crippen molar-refractivity contribution in [2.24, 2.45) is 0 Å². The molecule has 6 atom stereocenters. The highest BCUT2D eigenvalue weighted by Gasteiger charge is 2.53. The van der Waals surface area contributed by atoms with Gasteiger partial charge in [0.15, 0.2) is 24.6 Å². The van der Waals surface area contributed by atoms with Crippen molar-refractivity contribution >= 4 is 23.9 Å². The quantitative estimate of drug-likeness (QED) is 0.274. The third-order valence-electron chi connectivity index (χ3n) is 4.60. The van der Waals surface area contributed by atoms with Crippen molar-refractivity contribution in [3.05, 3.63) is 35.9 Å². The van der Waals surface area contributed by atoms with E-state index in [1.807, 2.05) is 30.3 Å². The van der Waals surface area contributed by atoms with E-state index in [0.717, 1.165) is 26.3 Å². The van der Waals surface area contributed by atoms with Crippen LogP contribution in [0.1, 0.15) is 40.2 Å². The molecule has 1 saturated heterocycles. The van der Waals surface area contributed by atoms with Gasteiger partial charge in [-0.25, -0.2) is 0 Å². The average molecular weight is 482 g/mol. The lowest BCUT2D eigenvalue weighted by atomic mass is 9.98. The molecule has 1 fully saturated rings. The van der Waals surface area contributed by atoms with Crippen LogP contribution >= 0.6 is 0 Å². The first-order chi connectivity index (χ1) is 16.1. The van der Waals surface area contributed by atoms with Gasteiger partial charge in [-0.05, 0) is 12.5 Å². The van der Waals surface area contributed by atoms with Gasteiger partial charge in [-0.2, -0.15) is 0 Å². The first-order valence-electron chi connectivity index (χ1n) is 10.7. The maximum atomic E-state index is 11.8. The van der Waals surface area contributed by atoms with Gasteiger partial charge in [0, 0.05) is 27.7 Å². The Kier molecular flexibility index (Phi) is 10.4. The van der Waals surface area contributed by atoms with E-state index in [-0.39, 0.29) is 13.2 Å². The fourth-order valence-corrected chi connectivity index (χ4v) is 3.31. The molecule has 1 aromatic carbocycles. The molecule has 0 radical (unpaired) electrons. The topological polar surface area (TPSA) is 133 Å². The minimum Gasteiger partial charge on any atom is -0.463 e. The van der Waals surface area contributed by atoms with Crippen molar-refractivity contribution in [1.29, 1.82) is 0 Å². The molecule has 34 heavy (non-hydrogen) atoms. The van der Waals surface area contributed by atoms with E-state index in [9.17, 15) is 19.2 Å². The number of rotatable bonds is 10. The Morgan fingerprint density at radius 2 is 1.38 bits per heavy atom. The van der Waals surface area contributed by atoms with Crippen LogP contribution in [0.3, 0.4) is 0 Å². The molecule has 11 nitrogen and oxygen atoms in total. The predicted octanol–water partition coefficient (Wildman–Crippen LogP) is 1.65. The van der Waals surface area contributed by atoms with E-state index in [1.54, 1.807) is 6.92 Å². The molecular weight excluding hydrogens is 452 g/mol. The summed E-state index contributed by atoms with van der Waals surface area (Å²) in [6.45, 7) is 6.15. The Balaban J connectivity index is 2.28. The molecular formula is C23H30O11. The zero-order valence-electron chi connectivity index (χ0n) is 19.8. The van der Waals surface area contributed by atoms with Crippen LogP contribution in [0.5, 0.6) is 0 Å². The average Bonchev–Trinajstić information content (AvgIpc) is 2.75. The van der Waals surface area contributed by atoms with Crippen LogP contribution in [0.15, 0.2) is 30.3 Å². The predicted molar refractivity (Wildman–Crippen MR) is 114 cm³/mol. The van der Waals surface area contributed by atoms with Crippen molar-refractivity contribution in [2.45, 2.75) is 78.2 Å². The maximum absolute atomic E-state index is 11.8. The summed E-state index contributed by atoms with van der Waals surface area (Å²) in [4.78, 5) is 46.8. The number of carbonyl (C=O) groups is 4. The van der Waals surface area contributed by atoms with Crippen molar-refractivity contribution in [2.75, 3.05) is 6.61 Å². The van der Waals surface area contributed by atoms with Crippen LogP contribution in [-0.2, 0) is 58.9 Å². The van der Waals surface area contributed by atoms with Crippen LogP contribution in [-0.4, -0.2) is 67.5 Å². The molecule has 2 rings (SSSR count). The van der Waals surface area contributed by atoms with Gasteiger partial charge in [0.2, 0.25) is 6.29 Å². The molecule has 1 aromatic rings. The molecule has 0 amide bonds. The molecule has 0 unspecified atom stereocenters. The van der Waals surface area contributed by atoms with Gasteiger partial charge in [0.05, 0.1) is 6.61 Å². The monoisotopic (exact) mass is 482 g/mol. The van der Waals surface area contributed by atoms with Crippen molar-refractivity contribution in [1.82, 2.24) is 0 Å². The van der Waals surface area contributed by atoms with Gasteiger partial charge < -0.3 is 33.2 Å². The van der Waals surface area contributed by atoms with Crippen LogP contribution in [0.2, 0.25) is 0 Å². The first kappa shape index (κ1) is 27.2. The van der Waals surface area contributed by atoms with Gasteiger partial charge >= 0.3 is 23.9 Å². The van der Waals surface area contributed by atoms with Crippen LogP contribution in [0.25, 0.3) is 0 Å². The van der Waals surface area contributed by atoms with Crippen molar-refractivity contribution in [3.63, 3.8) is 0 Å². The summed E-state index contributed by atoms with van der Waals surface area (Å²) < 4.78 is 38.5. The molecule has 0 aromatic heterocycles. The standard InChI is InChI=1S/C23H30O11/c1-13(24)28-12-19-20(30-14(2)25)21(31-15(3)26)22(32-16(4)27)23(34-19)33-17(5)29-11-18-9-7-6-8-10-18/h6-10,17,19-23H,11-12H2,1-5H3/t17-,19+,20+,21-,22+,23+/m0/s1. The third-order valence-corrected chi connectivity index (χ3v) is 4.60. The summed E-state index contributed by atoms with van der Waals surface area (Å²) >= 11 is 0. The van der Waals surface area contributed by atoms with E-state index in [4.69, 9.17) is 33.2 Å². The van der Waals surface area contributed by atoms with Gasteiger partial charge in [-0.15, -0.1) is 0 Å². The Morgan fingerprint density at radius 1 is 0.824 bits per heavy atom. The summed E-state index contributed by atoms with van der Waals surface area (Å²) in [6.07, 6.45) is -7.08. The number of carbonyl (C=O) groups excluding carboxylic acids is 4. The molecule has 11 heteroatoms. The molecule has 0 spiro atoms. The Hall–Kier alpha value is -3.02. The van der Waals surface area contributed by atoms with Gasteiger partial charge in [0.25, 0.3) is 0 Å². The van der Waals surface area contributed by atoms with E-state index in [2.05, 4.69) is 0 Å². The minimum absolute atomic E-state index is 0.229. The molecule has 0 saturated carbocycles. The summed E-state index contributed by atoms with van der Waals surface area (Å²) in [5.74, 6) is -2.75. The third kappa shape index (κ3) is 8.73. The highest BCUT2D eigenvalue weighted by atomic mass is 16.8. The largest absolute Gasteiger partial charge is 0.463 e. The minimum atomic E-state index is -1.30. The smallest absolute Gasteiger partial charge is 0.303 e. The molecule has 0 aliphatic carbocycles. The van der Waals surface area contributed by atoms with Crippen LogP contribution in [0, 0.1) is 0 Å². The lowest BCUT2D eigenvalue weighted by Gasteiger charge is -2.44. The second-order valence-electron chi connectivity index (χ2n) is 7.57. The SMILES string of the molecule is CC(=O)OC[C@H]1O[C@@H](O[C@@H](C)OCc2ccccc2)[C@H](OC(C)=O)[C@@H](OC(C)=O)[C@@H]1OC(C)=O. The lowest BCUT2D eigenvalue weighted by molar-refractivity contribution is -0.338. The molecule has 1 aliphatic rings. The molecule has 188 valence electrons. The summed E-state index contributed by atoms with van der Waals surface area (Å²) in [5, 5.41) is 0. The summed E-state index contributed by atoms with van der Waals surface area (Å²) in [7, 11) is 0. The van der Waals surface area contributed by atoms with Gasteiger partial charge in [-0.1, -0.05) is 30.3 Å². The molecule has 0 N–H and O–H groups in total. The molecule has 1 heterocycles. The van der Waals surface area contributed by atoms with E-state index < -0.39 is 60.9 Å². The lowest BCUT2D eigenvalue weighted by Crippen LogP contribution is -2.63. The second-order valence-corrected chi connectivity index (χ2v) is 7.57. The first-order valence-corrected chi connectivity index (χ1v) is 10.7. The molecule has 1 aliphatic heterocycles. The summed E-state index contributed by atoms with van der Waals surface area (Å²) in [5.41, 5.74) is 0.902. The van der Waals surface area contributed by atoms with Crippen LogP contribution in [0.4, 0.5) is 0 Å². The highest BCUT2D eigenvalue weighted by Crippen LogP contribution is 2.30. The van der Waals surface area contributed by atoms with E-state index in [1.165, 1.54) is 6.92 Å². The number of esters is 4. The maximum Gasteiger partial charge on any atom is 0.303 e. The Labute approximate surface area is 197 Å². The van der Waals surface area contributed by atoms with Gasteiger partial charge in [0.1, 0.15) is 12.7 Å².